The third kappa shape index (κ3) is 2.69. The van der Waals surface area contributed by atoms with Gasteiger partial charge >= 0.3 is 0 Å². The molecule has 1 saturated carbocycles. The van der Waals surface area contributed by atoms with E-state index in [2.05, 4.69) is 10.3 Å². The van der Waals surface area contributed by atoms with Crippen molar-refractivity contribution >= 4 is 17.4 Å². The Balaban J connectivity index is 2.12. The zero-order valence-electron chi connectivity index (χ0n) is 11.1. The summed E-state index contributed by atoms with van der Waals surface area (Å²) in [6.07, 6.45) is 3.76. The van der Waals surface area contributed by atoms with Crippen molar-refractivity contribution in [3.05, 3.63) is 27.9 Å². The zero-order chi connectivity index (χ0) is 14.8. The van der Waals surface area contributed by atoms with Crippen LogP contribution in [0.25, 0.3) is 0 Å². The first-order chi connectivity index (χ1) is 9.47. The van der Waals surface area contributed by atoms with E-state index in [4.69, 9.17) is 10.5 Å². The Morgan fingerprint density at radius 3 is 2.85 bits per heavy atom. The van der Waals surface area contributed by atoms with Gasteiger partial charge < -0.3 is 15.8 Å². The number of nitrogens with two attached hydrogens (primary N) is 1. The predicted molar refractivity (Wildman–Crippen MR) is 71.2 cm³/mol. The molecule has 0 radical (unpaired) electrons. The highest BCUT2D eigenvalue weighted by Crippen LogP contribution is 2.34. The van der Waals surface area contributed by atoms with Gasteiger partial charge in [-0.15, -0.1) is 0 Å². The topological polar surface area (TPSA) is 120 Å². The van der Waals surface area contributed by atoms with Gasteiger partial charge in [0, 0.05) is 13.7 Å². The zero-order valence-corrected chi connectivity index (χ0v) is 11.1. The van der Waals surface area contributed by atoms with Crippen molar-refractivity contribution in [1.82, 2.24) is 10.3 Å². The SMILES string of the molecule is COC1(CNC(=O)c2cc(N)ncc2[N+](=O)[O-])CCC1. The van der Waals surface area contributed by atoms with Gasteiger partial charge in [0.2, 0.25) is 0 Å². The number of hydrogen-bond donors (Lipinski definition) is 2. The van der Waals surface area contributed by atoms with Crippen molar-refractivity contribution in [3.63, 3.8) is 0 Å². The molecule has 0 spiro atoms. The van der Waals surface area contributed by atoms with E-state index in [1.165, 1.54) is 6.07 Å². The van der Waals surface area contributed by atoms with Crippen molar-refractivity contribution < 1.29 is 14.5 Å². The van der Waals surface area contributed by atoms with Crippen LogP contribution in [0, 0.1) is 10.1 Å². The number of nitrogens with zero attached hydrogens (tertiary/aromatic N) is 2. The minimum atomic E-state index is -0.656. The van der Waals surface area contributed by atoms with Crippen LogP contribution in [0.5, 0.6) is 0 Å². The van der Waals surface area contributed by atoms with E-state index in [0.717, 1.165) is 25.5 Å². The number of nitrogen functional groups attached to an aromatic ring is 1. The highest BCUT2D eigenvalue weighted by Gasteiger charge is 2.37. The molecule has 20 heavy (non-hydrogen) atoms. The first kappa shape index (κ1) is 14.2. The molecule has 1 aliphatic carbocycles. The van der Waals surface area contributed by atoms with Crippen LogP contribution in [0.4, 0.5) is 11.5 Å². The number of rotatable bonds is 5. The van der Waals surface area contributed by atoms with Gasteiger partial charge in [0.05, 0.1) is 10.5 Å². The molecule has 1 aromatic rings. The largest absolute Gasteiger partial charge is 0.384 e. The molecule has 3 N–H and O–H groups in total. The van der Waals surface area contributed by atoms with E-state index >= 15 is 0 Å². The van der Waals surface area contributed by atoms with Crippen LogP contribution in [0.2, 0.25) is 0 Å². The van der Waals surface area contributed by atoms with Gasteiger partial charge in [-0.2, -0.15) is 0 Å². The molecule has 0 unspecified atom stereocenters. The van der Waals surface area contributed by atoms with E-state index < -0.39 is 10.8 Å². The number of amides is 1. The maximum Gasteiger partial charge on any atom is 0.300 e. The number of pyridine rings is 1. The molecule has 8 heteroatoms. The Morgan fingerprint density at radius 2 is 2.35 bits per heavy atom. The monoisotopic (exact) mass is 280 g/mol. The summed E-state index contributed by atoms with van der Waals surface area (Å²) in [5.41, 5.74) is 4.67. The number of carbonyl (C=O) groups is 1. The summed E-state index contributed by atoms with van der Waals surface area (Å²) >= 11 is 0. The first-order valence-electron chi connectivity index (χ1n) is 6.21. The third-order valence-corrected chi connectivity index (χ3v) is 3.61. The smallest absolute Gasteiger partial charge is 0.300 e. The van der Waals surface area contributed by atoms with Crippen molar-refractivity contribution in [2.75, 3.05) is 19.4 Å². The molecule has 108 valence electrons. The molecule has 1 aliphatic rings. The summed E-state index contributed by atoms with van der Waals surface area (Å²) in [5.74, 6) is -0.486. The maximum absolute atomic E-state index is 12.1. The minimum absolute atomic E-state index is 0.0610. The second-order valence-corrected chi connectivity index (χ2v) is 4.81. The Kier molecular flexibility index (Phi) is 3.84. The minimum Gasteiger partial charge on any atom is -0.384 e. The number of anilines is 1. The molecule has 0 aliphatic heterocycles. The normalized spacial score (nSPS) is 16.2. The van der Waals surface area contributed by atoms with Crippen molar-refractivity contribution in [3.8, 4) is 0 Å². The number of methoxy groups -OCH3 is 1. The Hall–Kier alpha value is -2.22. The van der Waals surface area contributed by atoms with Crippen LogP contribution < -0.4 is 11.1 Å². The second-order valence-electron chi connectivity index (χ2n) is 4.81. The number of carbonyl (C=O) groups excluding carboxylic acids is 1. The molecule has 0 saturated heterocycles. The summed E-state index contributed by atoms with van der Waals surface area (Å²) in [4.78, 5) is 25.9. The quantitative estimate of drug-likeness (QED) is 0.610. The van der Waals surface area contributed by atoms with E-state index in [-0.39, 0.29) is 22.7 Å². The van der Waals surface area contributed by atoms with Crippen LogP contribution in [0.15, 0.2) is 12.3 Å². The van der Waals surface area contributed by atoms with Gasteiger partial charge in [-0.05, 0) is 25.3 Å². The summed E-state index contributed by atoms with van der Waals surface area (Å²) in [7, 11) is 1.60. The van der Waals surface area contributed by atoms with Crippen LogP contribution in [0.1, 0.15) is 29.6 Å². The van der Waals surface area contributed by atoms with Gasteiger partial charge in [0.1, 0.15) is 17.6 Å². The molecular formula is C12H16N4O4. The van der Waals surface area contributed by atoms with Crippen LogP contribution in [-0.2, 0) is 4.74 Å². The molecular weight excluding hydrogens is 264 g/mol. The fourth-order valence-electron chi connectivity index (χ4n) is 2.15. The number of nitrogens with one attached hydrogen (secondary N) is 1. The number of nitro groups is 1. The van der Waals surface area contributed by atoms with E-state index in [0.29, 0.717) is 6.54 Å². The van der Waals surface area contributed by atoms with E-state index in [9.17, 15) is 14.9 Å². The van der Waals surface area contributed by atoms with Crippen molar-refractivity contribution in [2.24, 2.45) is 0 Å². The Morgan fingerprint density at radius 1 is 1.65 bits per heavy atom. The second kappa shape index (κ2) is 5.41. The lowest BCUT2D eigenvalue weighted by molar-refractivity contribution is -0.385. The average Bonchev–Trinajstić information content (AvgIpc) is 2.37. The third-order valence-electron chi connectivity index (χ3n) is 3.61. The lowest BCUT2D eigenvalue weighted by atomic mass is 9.80. The number of hydrogen-bond acceptors (Lipinski definition) is 6. The van der Waals surface area contributed by atoms with Gasteiger partial charge in [0.25, 0.3) is 11.6 Å². The first-order valence-corrected chi connectivity index (χ1v) is 6.21. The highest BCUT2D eigenvalue weighted by atomic mass is 16.6. The van der Waals surface area contributed by atoms with Crippen LogP contribution in [-0.4, -0.2) is 35.1 Å². The highest BCUT2D eigenvalue weighted by molar-refractivity contribution is 5.98. The molecule has 1 amide bonds. The number of aromatic nitrogens is 1. The summed E-state index contributed by atoms with van der Waals surface area (Å²) in [5, 5.41) is 13.5. The average molecular weight is 280 g/mol. The molecule has 1 fully saturated rings. The van der Waals surface area contributed by atoms with Crippen molar-refractivity contribution in [1.29, 1.82) is 0 Å². The molecule has 0 aromatic carbocycles. The summed E-state index contributed by atoms with van der Waals surface area (Å²) in [6, 6.07) is 1.20. The molecule has 8 nitrogen and oxygen atoms in total. The summed E-state index contributed by atoms with van der Waals surface area (Å²) < 4.78 is 5.38. The van der Waals surface area contributed by atoms with Crippen LogP contribution in [0.3, 0.4) is 0 Å². The lowest BCUT2D eigenvalue weighted by Gasteiger charge is -2.40. The Bertz CT molecular complexity index is 537. The van der Waals surface area contributed by atoms with E-state index in [1.807, 2.05) is 0 Å². The molecule has 1 aromatic heterocycles. The molecule has 0 atom stereocenters. The van der Waals surface area contributed by atoms with Crippen molar-refractivity contribution in [2.45, 2.75) is 24.9 Å². The maximum atomic E-state index is 12.1. The Labute approximate surface area is 115 Å². The predicted octanol–water partition coefficient (Wildman–Crippen LogP) is 0.871. The van der Waals surface area contributed by atoms with Gasteiger partial charge in [-0.3, -0.25) is 14.9 Å². The summed E-state index contributed by atoms with van der Waals surface area (Å²) in [6.45, 7) is 0.321. The molecule has 1 heterocycles. The van der Waals surface area contributed by atoms with Gasteiger partial charge in [0.15, 0.2) is 0 Å². The van der Waals surface area contributed by atoms with Gasteiger partial charge in [-0.25, -0.2) is 4.98 Å². The lowest BCUT2D eigenvalue weighted by Crippen LogP contribution is -2.49. The molecule has 0 bridgehead atoms. The number of ether oxygens (including phenoxy) is 1. The fourth-order valence-corrected chi connectivity index (χ4v) is 2.15. The van der Waals surface area contributed by atoms with Gasteiger partial charge in [-0.1, -0.05) is 0 Å². The van der Waals surface area contributed by atoms with E-state index in [1.54, 1.807) is 7.11 Å². The fraction of sp³-hybridized carbons (Fsp3) is 0.500. The standard InChI is InChI=1S/C12H16N4O4/c1-20-12(3-2-4-12)7-15-11(17)8-5-10(13)14-6-9(8)16(18)19/h5-6H,2-4,7H2,1H3,(H2,13,14)(H,15,17). The van der Waals surface area contributed by atoms with Crippen LogP contribution >= 0.6 is 0 Å². The molecule has 2 rings (SSSR count).